The molecule has 0 radical (unpaired) electrons. The van der Waals surface area contributed by atoms with Crippen molar-refractivity contribution < 1.29 is 0 Å². The van der Waals surface area contributed by atoms with Crippen molar-refractivity contribution in [2.45, 2.75) is 6.42 Å². The van der Waals surface area contributed by atoms with Gasteiger partial charge in [-0.3, -0.25) is 4.98 Å². The van der Waals surface area contributed by atoms with Crippen LogP contribution in [0.3, 0.4) is 0 Å². The molecule has 0 atom stereocenters. The van der Waals surface area contributed by atoms with Gasteiger partial charge in [-0.1, -0.05) is 35.3 Å². The van der Waals surface area contributed by atoms with Crippen LogP contribution in [0, 0.1) is 0 Å². The van der Waals surface area contributed by atoms with E-state index in [4.69, 9.17) is 23.2 Å². The van der Waals surface area contributed by atoms with Gasteiger partial charge in [-0.25, -0.2) is 14.6 Å². The molecule has 126 valence electrons. The maximum atomic E-state index is 6.12. The summed E-state index contributed by atoms with van der Waals surface area (Å²) in [6, 6.07) is 5.75. The van der Waals surface area contributed by atoms with Gasteiger partial charge in [0, 0.05) is 13.1 Å². The number of hydrogen-bond donors (Lipinski definition) is 0. The molecule has 6 nitrogen and oxygen atoms in total. The zero-order valence-electron chi connectivity index (χ0n) is 13.2. The number of aromatic nitrogens is 5. The summed E-state index contributed by atoms with van der Waals surface area (Å²) < 4.78 is 1.59. The Kier molecular flexibility index (Phi) is 4.38. The van der Waals surface area contributed by atoms with E-state index in [0.29, 0.717) is 15.9 Å². The molecular weight excluding hydrogens is 359 g/mol. The van der Waals surface area contributed by atoms with Gasteiger partial charge in [-0.15, -0.1) is 0 Å². The normalized spacial score (nSPS) is 14.5. The van der Waals surface area contributed by atoms with Gasteiger partial charge in [0.05, 0.1) is 22.4 Å². The van der Waals surface area contributed by atoms with Crippen molar-refractivity contribution in [3.63, 3.8) is 0 Å². The summed E-state index contributed by atoms with van der Waals surface area (Å²) in [5, 5.41) is 5.24. The molecule has 1 aliphatic rings. The van der Waals surface area contributed by atoms with E-state index < -0.39 is 0 Å². The Labute approximate surface area is 154 Å². The lowest BCUT2D eigenvalue weighted by Crippen LogP contribution is -2.29. The van der Waals surface area contributed by atoms with E-state index in [-0.39, 0.29) is 0 Å². The Hall–Kier alpha value is -2.44. The Bertz CT molecular complexity index is 923. The highest BCUT2D eigenvalue weighted by molar-refractivity contribution is 6.42. The summed E-state index contributed by atoms with van der Waals surface area (Å²) >= 11 is 12.1. The van der Waals surface area contributed by atoms with E-state index >= 15 is 0 Å². The van der Waals surface area contributed by atoms with Crippen LogP contribution in [-0.2, 0) is 0 Å². The topological polar surface area (TPSA) is 59.7 Å². The monoisotopic (exact) mass is 372 g/mol. The van der Waals surface area contributed by atoms with E-state index in [1.54, 1.807) is 23.4 Å². The van der Waals surface area contributed by atoms with Crippen molar-refractivity contribution in [1.82, 2.24) is 24.7 Å². The molecule has 0 fully saturated rings. The molecule has 4 rings (SSSR count). The first kappa shape index (κ1) is 16.1. The van der Waals surface area contributed by atoms with E-state index in [1.807, 2.05) is 18.2 Å². The Morgan fingerprint density at radius 3 is 2.60 bits per heavy atom. The van der Waals surface area contributed by atoms with Crippen molar-refractivity contribution in [2.24, 2.45) is 0 Å². The third-order valence-electron chi connectivity index (χ3n) is 4.09. The summed E-state index contributed by atoms with van der Waals surface area (Å²) in [4.78, 5) is 15.0. The fourth-order valence-electron chi connectivity index (χ4n) is 2.77. The number of rotatable bonds is 3. The fraction of sp³-hybridized carbons (Fsp3) is 0.176. The van der Waals surface area contributed by atoms with Crippen LogP contribution < -0.4 is 4.90 Å². The van der Waals surface area contributed by atoms with E-state index in [1.165, 1.54) is 11.9 Å². The highest BCUT2D eigenvalue weighted by atomic mass is 35.5. The molecule has 0 amide bonds. The largest absolute Gasteiger partial charge is 0.351 e. The van der Waals surface area contributed by atoms with Crippen LogP contribution in [0.25, 0.3) is 11.4 Å². The molecular formula is C17H14Cl2N6. The molecule has 0 saturated heterocycles. The van der Waals surface area contributed by atoms with Crippen LogP contribution in [0.1, 0.15) is 12.0 Å². The minimum atomic E-state index is 0.573. The zero-order chi connectivity index (χ0) is 17.2. The highest BCUT2D eigenvalue weighted by Gasteiger charge is 2.16. The molecule has 0 unspecified atom stereocenters. The Morgan fingerprint density at radius 1 is 1.00 bits per heavy atom. The predicted octanol–water partition coefficient (Wildman–Crippen LogP) is 3.66. The van der Waals surface area contributed by atoms with Crippen molar-refractivity contribution in [1.29, 1.82) is 0 Å². The van der Waals surface area contributed by atoms with Crippen LogP contribution >= 0.6 is 23.2 Å². The van der Waals surface area contributed by atoms with Gasteiger partial charge in [-0.2, -0.15) is 5.10 Å². The second-order valence-electron chi connectivity index (χ2n) is 5.63. The van der Waals surface area contributed by atoms with Crippen LogP contribution in [0.2, 0.25) is 10.0 Å². The summed E-state index contributed by atoms with van der Waals surface area (Å²) in [5.41, 5.74) is 2.37. The standard InChI is InChI=1S/C17H14Cl2N6/c18-14-2-1-13(7-15(14)19)12-3-5-24(6-4-12)16-8-20-9-17(23-16)25-11-21-10-22-25/h1-3,7-11H,4-6H2. The van der Waals surface area contributed by atoms with Gasteiger partial charge in [-0.05, 0) is 29.7 Å². The summed E-state index contributed by atoms with van der Waals surface area (Å²) in [6.07, 6.45) is 9.59. The molecule has 2 aromatic heterocycles. The molecule has 1 aromatic carbocycles. The minimum absolute atomic E-state index is 0.573. The lowest BCUT2D eigenvalue weighted by atomic mass is 9.99. The van der Waals surface area contributed by atoms with Crippen molar-refractivity contribution >= 4 is 34.6 Å². The third kappa shape index (κ3) is 3.36. The van der Waals surface area contributed by atoms with Crippen molar-refractivity contribution in [2.75, 3.05) is 18.0 Å². The lowest BCUT2D eigenvalue weighted by molar-refractivity contribution is 0.788. The van der Waals surface area contributed by atoms with Crippen LogP contribution in [0.15, 0.2) is 49.3 Å². The molecule has 0 bridgehead atoms. The lowest BCUT2D eigenvalue weighted by Gasteiger charge is -2.27. The summed E-state index contributed by atoms with van der Waals surface area (Å²) in [7, 11) is 0. The van der Waals surface area contributed by atoms with Gasteiger partial charge in [0.2, 0.25) is 0 Å². The molecule has 1 aliphatic heterocycles. The zero-order valence-corrected chi connectivity index (χ0v) is 14.7. The van der Waals surface area contributed by atoms with Crippen LogP contribution in [-0.4, -0.2) is 37.8 Å². The quantitative estimate of drug-likeness (QED) is 0.701. The molecule has 3 aromatic rings. The second kappa shape index (κ2) is 6.82. The maximum Gasteiger partial charge on any atom is 0.175 e. The Balaban J connectivity index is 1.54. The maximum absolute atomic E-state index is 6.12. The van der Waals surface area contributed by atoms with E-state index in [9.17, 15) is 0 Å². The number of anilines is 1. The number of nitrogens with zero attached hydrogens (tertiary/aromatic N) is 6. The summed E-state index contributed by atoms with van der Waals surface area (Å²) in [5.74, 6) is 1.46. The van der Waals surface area contributed by atoms with Gasteiger partial charge >= 0.3 is 0 Å². The SMILES string of the molecule is Clc1ccc(C2=CCN(c3cncc(-n4cncn4)n3)CC2)cc1Cl. The van der Waals surface area contributed by atoms with Gasteiger partial charge < -0.3 is 4.90 Å². The number of hydrogen-bond acceptors (Lipinski definition) is 5. The molecule has 0 saturated carbocycles. The molecule has 0 spiro atoms. The highest BCUT2D eigenvalue weighted by Crippen LogP contribution is 2.29. The fourth-order valence-corrected chi connectivity index (χ4v) is 3.07. The smallest absolute Gasteiger partial charge is 0.175 e. The first-order valence-corrected chi connectivity index (χ1v) is 8.53. The van der Waals surface area contributed by atoms with Gasteiger partial charge in [0.1, 0.15) is 18.5 Å². The number of benzene rings is 1. The molecule has 8 heteroatoms. The van der Waals surface area contributed by atoms with Gasteiger partial charge in [0.15, 0.2) is 5.82 Å². The molecule has 3 heterocycles. The van der Waals surface area contributed by atoms with E-state index in [2.05, 4.69) is 31.0 Å². The average Bonchev–Trinajstić information content (AvgIpc) is 3.19. The van der Waals surface area contributed by atoms with Crippen molar-refractivity contribution in [3.05, 3.63) is 64.9 Å². The summed E-state index contributed by atoms with van der Waals surface area (Å²) in [6.45, 7) is 1.60. The van der Waals surface area contributed by atoms with Crippen LogP contribution in [0.5, 0.6) is 0 Å². The minimum Gasteiger partial charge on any atom is -0.351 e. The first-order valence-electron chi connectivity index (χ1n) is 7.77. The van der Waals surface area contributed by atoms with Crippen LogP contribution in [0.4, 0.5) is 5.82 Å². The van der Waals surface area contributed by atoms with E-state index in [0.717, 1.165) is 30.9 Å². The number of halogens is 2. The Morgan fingerprint density at radius 2 is 1.88 bits per heavy atom. The first-order chi connectivity index (χ1) is 12.2. The molecule has 25 heavy (non-hydrogen) atoms. The molecule has 0 N–H and O–H groups in total. The molecule has 0 aliphatic carbocycles. The third-order valence-corrected chi connectivity index (χ3v) is 4.83. The van der Waals surface area contributed by atoms with Gasteiger partial charge in [0.25, 0.3) is 0 Å². The van der Waals surface area contributed by atoms with Crippen molar-refractivity contribution in [3.8, 4) is 5.82 Å². The predicted molar refractivity (Wildman–Crippen MR) is 98.2 cm³/mol. The second-order valence-corrected chi connectivity index (χ2v) is 6.44. The average molecular weight is 373 g/mol.